The number of carbonyl (C=O) groups is 2. The van der Waals surface area contributed by atoms with Gasteiger partial charge in [0, 0.05) is 17.8 Å². The number of aromatic nitrogens is 2. The molecule has 0 aliphatic rings. The molecule has 0 bridgehead atoms. The van der Waals surface area contributed by atoms with Crippen molar-refractivity contribution in [1.29, 1.82) is 0 Å². The van der Waals surface area contributed by atoms with Crippen LogP contribution in [0, 0.1) is 11.7 Å². The van der Waals surface area contributed by atoms with Gasteiger partial charge in [-0.2, -0.15) is 5.10 Å². The number of hydrogen-bond donors (Lipinski definition) is 4. The largest absolute Gasteiger partial charge is 1.00 e. The minimum atomic E-state index is -1.15. The van der Waals surface area contributed by atoms with Crippen LogP contribution in [0.3, 0.4) is 0 Å². The maximum Gasteiger partial charge on any atom is 1.00 e. The number of carboxylic acid groups (broad SMARTS) is 1. The molecule has 35 heavy (non-hydrogen) atoms. The molecule has 0 radical (unpaired) electrons. The summed E-state index contributed by atoms with van der Waals surface area (Å²) < 4.78 is 15.1. The summed E-state index contributed by atoms with van der Waals surface area (Å²) in [5, 5.41) is 36.6. The summed E-state index contributed by atoms with van der Waals surface area (Å²) in [5.74, 6) is -1.43. The average molecular weight is 502 g/mol. The molecule has 4 N–H and O–H groups in total. The maximum atomic E-state index is 13.5. The van der Waals surface area contributed by atoms with Gasteiger partial charge in [-0.1, -0.05) is 27.7 Å². The first kappa shape index (κ1) is 31.3. The van der Waals surface area contributed by atoms with Gasteiger partial charge in [-0.15, -0.1) is 0 Å². The molecule has 0 unspecified atom stereocenters. The summed E-state index contributed by atoms with van der Waals surface area (Å²) in [5.41, 5.74) is 2.32. The molecule has 0 saturated carbocycles. The van der Waals surface area contributed by atoms with E-state index in [1.165, 1.54) is 12.1 Å². The summed E-state index contributed by atoms with van der Waals surface area (Å²) in [6.07, 6.45) is -1.20. The van der Waals surface area contributed by atoms with Gasteiger partial charge >= 0.3 is 35.5 Å². The summed E-state index contributed by atoms with van der Waals surface area (Å²) in [6.45, 7) is 8.57. The molecule has 1 heterocycles. The molecule has 2 rings (SSSR count). The predicted molar refractivity (Wildman–Crippen MR) is 128 cm³/mol. The number of carbonyl (C=O) groups excluding carboxylic acids is 1. The number of benzene rings is 1. The van der Waals surface area contributed by atoms with Crippen molar-refractivity contribution in [2.75, 3.05) is 6.54 Å². The van der Waals surface area contributed by atoms with Crippen LogP contribution < -0.4 is 34.9 Å². The van der Waals surface area contributed by atoms with Gasteiger partial charge in [-0.25, -0.2) is 9.07 Å². The maximum absolute atomic E-state index is 13.5. The molecule has 0 aliphatic heterocycles. The van der Waals surface area contributed by atoms with Crippen LogP contribution in [-0.2, 0) is 11.2 Å². The number of amides is 1. The molecule has 8 nitrogen and oxygen atoms in total. The van der Waals surface area contributed by atoms with Crippen LogP contribution in [0.4, 0.5) is 4.39 Å². The van der Waals surface area contributed by atoms with Crippen molar-refractivity contribution in [2.45, 2.75) is 77.9 Å². The van der Waals surface area contributed by atoms with Gasteiger partial charge in [0.1, 0.15) is 5.82 Å². The zero-order chi connectivity index (χ0) is 25.4. The Morgan fingerprint density at radius 2 is 1.71 bits per heavy atom. The molecular weight excluding hydrogens is 464 g/mol. The van der Waals surface area contributed by atoms with E-state index in [9.17, 15) is 24.2 Å². The van der Waals surface area contributed by atoms with Gasteiger partial charge in [-0.3, -0.25) is 9.59 Å². The third-order valence-corrected chi connectivity index (χ3v) is 5.56. The second-order valence-electron chi connectivity index (χ2n) is 9.37. The van der Waals surface area contributed by atoms with E-state index in [1.807, 2.05) is 13.8 Å². The molecule has 10 heteroatoms. The number of nitrogens with zero attached hydrogens (tertiary/aromatic N) is 2. The molecule has 2 atom stereocenters. The Balaban J connectivity index is 0.00000612. The number of hydrogen-bond acceptors (Lipinski definition) is 5. The first-order valence-corrected chi connectivity index (χ1v) is 11.7. The third kappa shape index (κ3) is 9.65. The van der Waals surface area contributed by atoms with E-state index >= 15 is 0 Å². The minimum Gasteiger partial charge on any atom is -1.00 e. The van der Waals surface area contributed by atoms with Crippen LogP contribution in [0.15, 0.2) is 24.3 Å². The van der Waals surface area contributed by atoms with Crippen LogP contribution in [0.5, 0.6) is 0 Å². The Morgan fingerprint density at radius 3 is 2.26 bits per heavy atom. The van der Waals surface area contributed by atoms with E-state index in [2.05, 4.69) is 24.3 Å². The molecule has 2 aromatic rings. The zero-order valence-corrected chi connectivity index (χ0v) is 23.3. The van der Waals surface area contributed by atoms with E-state index in [4.69, 9.17) is 5.11 Å². The van der Waals surface area contributed by atoms with Gasteiger partial charge in [0.2, 0.25) is 0 Å². The van der Waals surface area contributed by atoms with Crippen LogP contribution in [0.1, 0.15) is 82.5 Å². The van der Waals surface area contributed by atoms with Crippen molar-refractivity contribution in [1.82, 2.24) is 15.1 Å². The molecule has 190 valence electrons. The Bertz CT molecular complexity index is 969. The Morgan fingerprint density at radius 1 is 1.09 bits per heavy atom. The average Bonchev–Trinajstić information content (AvgIpc) is 3.11. The van der Waals surface area contributed by atoms with Crippen molar-refractivity contribution in [2.24, 2.45) is 5.92 Å². The second kappa shape index (κ2) is 14.7. The third-order valence-electron chi connectivity index (χ3n) is 5.56. The number of halogens is 1. The quantitative estimate of drug-likeness (QED) is 0.297. The van der Waals surface area contributed by atoms with E-state index in [0.29, 0.717) is 36.0 Å². The first-order chi connectivity index (χ1) is 16.0. The van der Waals surface area contributed by atoms with Crippen molar-refractivity contribution in [3.05, 3.63) is 47.0 Å². The Labute approximate surface area is 229 Å². The van der Waals surface area contributed by atoms with E-state index in [1.54, 1.807) is 16.8 Å². The summed E-state index contributed by atoms with van der Waals surface area (Å²) in [7, 11) is 0. The van der Waals surface area contributed by atoms with Crippen LogP contribution >= 0.6 is 0 Å². The van der Waals surface area contributed by atoms with Crippen LogP contribution in [0.2, 0.25) is 0 Å². The molecule has 1 aromatic carbocycles. The molecule has 0 fully saturated rings. The van der Waals surface area contributed by atoms with Crippen LogP contribution in [0.25, 0.3) is 5.69 Å². The van der Waals surface area contributed by atoms with Crippen LogP contribution in [-0.4, -0.2) is 55.7 Å². The number of aliphatic hydroxyl groups excluding tert-OH is 2. The molecule has 0 aliphatic carbocycles. The van der Waals surface area contributed by atoms with Gasteiger partial charge in [-0.05, 0) is 61.8 Å². The number of nitrogens with one attached hydrogen (secondary N) is 1. The first-order valence-electron chi connectivity index (χ1n) is 11.7. The molecule has 0 saturated heterocycles. The normalized spacial score (nSPS) is 12.9. The number of carboxylic acids is 1. The molecule has 1 amide bonds. The van der Waals surface area contributed by atoms with E-state index in [-0.39, 0.29) is 55.7 Å². The Hall–Kier alpha value is -1.78. The van der Waals surface area contributed by atoms with Gasteiger partial charge in [0.25, 0.3) is 5.91 Å². The predicted octanol–water partition coefficient (Wildman–Crippen LogP) is 0.546. The van der Waals surface area contributed by atoms with E-state index in [0.717, 1.165) is 12.0 Å². The zero-order valence-electron chi connectivity index (χ0n) is 22.3. The standard InChI is InChI=1S/C25H36FN3O5.Na.H/c1-15(2)11-12-27-25(34)24-23(16(3)4)21(10-9-19(30)13-20(31)14-22(32)33)29(28-24)18-7-5-17(26)6-8-18;;/h5-8,15-16,19-20,30-31H,9-14H2,1-4H3,(H,27,34)(H,32,33);;/q;+1;-1/t19-,20-;;/m1../s1. The van der Waals surface area contributed by atoms with Gasteiger partial charge in [0.15, 0.2) is 5.69 Å². The topological polar surface area (TPSA) is 125 Å². The van der Waals surface area contributed by atoms with Crippen molar-refractivity contribution in [3.8, 4) is 5.69 Å². The van der Waals surface area contributed by atoms with E-state index < -0.39 is 30.4 Å². The summed E-state index contributed by atoms with van der Waals surface area (Å²) in [6, 6.07) is 5.78. The fourth-order valence-electron chi connectivity index (χ4n) is 3.85. The smallest absolute Gasteiger partial charge is 1.00 e. The SMILES string of the molecule is CC(C)CCNC(=O)c1nn(-c2ccc(F)cc2)c(CC[C@@H](O)C[C@@H](O)CC(=O)O)c1C(C)C.[H-].[Na+]. The van der Waals surface area contributed by atoms with Crippen molar-refractivity contribution in [3.63, 3.8) is 0 Å². The van der Waals surface area contributed by atoms with Gasteiger partial charge < -0.3 is 22.1 Å². The summed E-state index contributed by atoms with van der Waals surface area (Å²) >= 11 is 0. The minimum absolute atomic E-state index is 0. The number of rotatable bonds is 13. The fourth-order valence-corrected chi connectivity index (χ4v) is 3.85. The number of aliphatic carboxylic acids is 1. The van der Waals surface area contributed by atoms with Crippen molar-refractivity contribution >= 4 is 11.9 Å². The molecule has 1 aromatic heterocycles. The molecular formula is C25H37FN3NaO5. The fraction of sp³-hybridized carbons (Fsp3) is 0.560. The second-order valence-corrected chi connectivity index (χ2v) is 9.37. The monoisotopic (exact) mass is 501 g/mol. The van der Waals surface area contributed by atoms with Gasteiger partial charge in [0.05, 0.1) is 24.3 Å². The summed E-state index contributed by atoms with van der Waals surface area (Å²) in [4.78, 5) is 23.8. The Kier molecular flexibility index (Phi) is 13.1. The van der Waals surface area contributed by atoms with Crippen molar-refractivity contribution < 1.29 is 60.3 Å². The number of aliphatic hydroxyl groups is 2. The molecule has 0 spiro atoms.